The van der Waals surface area contributed by atoms with Crippen LogP contribution in [-0.4, -0.2) is 36.3 Å². The van der Waals surface area contributed by atoms with Gasteiger partial charge in [0.1, 0.15) is 0 Å². The largest absolute Gasteiger partial charge is 0.306 e. The molecule has 0 bridgehead atoms. The van der Waals surface area contributed by atoms with E-state index in [1.807, 2.05) is 61.5 Å². The van der Waals surface area contributed by atoms with E-state index in [1.165, 1.54) is 0 Å². The molecule has 0 spiro atoms. The summed E-state index contributed by atoms with van der Waals surface area (Å²) in [5.41, 5.74) is 2.95. The lowest BCUT2D eigenvalue weighted by Crippen LogP contribution is -2.41. The Kier molecular flexibility index (Phi) is 7.25. The number of halogens is 2. The van der Waals surface area contributed by atoms with E-state index in [9.17, 15) is 13.7 Å². The summed E-state index contributed by atoms with van der Waals surface area (Å²) in [6.45, 7) is 2.54. The monoisotopic (exact) mass is 587 g/mol. The summed E-state index contributed by atoms with van der Waals surface area (Å²) in [4.78, 5) is 1.86. The lowest BCUT2D eigenvalue weighted by molar-refractivity contribution is 0.313. The molecule has 8 heteroatoms. The molecule has 170 valence electrons. The van der Waals surface area contributed by atoms with Gasteiger partial charge in [-0.3, -0.25) is 0 Å². The van der Waals surface area contributed by atoms with Crippen LogP contribution < -0.4 is 0 Å². The molecular formula is C25H23Br2N3O2S. The quantitative estimate of drug-likeness (QED) is 0.331. The van der Waals surface area contributed by atoms with Gasteiger partial charge in [0.25, 0.3) is 0 Å². The Morgan fingerprint density at radius 2 is 1.76 bits per heavy atom. The summed E-state index contributed by atoms with van der Waals surface area (Å²) in [6.07, 6.45) is 2.80. The molecule has 0 radical (unpaired) electrons. The summed E-state index contributed by atoms with van der Waals surface area (Å²) in [5.74, 6) is 0. The molecule has 1 fully saturated rings. The minimum atomic E-state index is -3.87. The fourth-order valence-electron chi connectivity index (χ4n) is 4.29. The van der Waals surface area contributed by atoms with Crippen molar-refractivity contribution in [1.29, 1.82) is 5.26 Å². The Bertz CT molecular complexity index is 1290. The molecule has 3 aromatic carbocycles. The Morgan fingerprint density at radius 1 is 1.06 bits per heavy atom. The number of hydrogen-bond acceptors (Lipinski definition) is 4. The van der Waals surface area contributed by atoms with Crippen LogP contribution in [0.15, 0.2) is 86.6 Å². The van der Waals surface area contributed by atoms with Gasteiger partial charge in [0, 0.05) is 34.1 Å². The molecule has 0 aliphatic carbocycles. The van der Waals surface area contributed by atoms with Gasteiger partial charge in [-0.15, -0.1) is 0 Å². The van der Waals surface area contributed by atoms with Crippen LogP contribution in [0, 0.1) is 11.5 Å². The first-order chi connectivity index (χ1) is 15.8. The maximum Gasteiger partial charge on any atom is 0.244 e. The molecule has 0 saturated carbocycles. The molecular weight excluding hydrogens is 566 g/mol. The Balaban J connectivity index is 1.81. The van der Waals surface area contributed by atoms with E-state index in [1.54, 1.807) is 27.4 Å². The number of benzene rings is 3. The molecule has 1 unspecified atom stereocenters. The van der Waals surface area contributed by atoms with Gasteiger partial charge in [0.2, 0.25) is 10.0 Å². The number of likely N-dealkylation sites (tertiary alicyclic amines) is 1. The van der Waals surface area contributed by atoms with E-state index in [0.717, 1.165) is 16.7 Å². The third-order valence-electron chi connectivity index (χ3n) is 6.00. The van der Waals surface area contributed by atoms with E-state index in [0.29, 0.717) is 21.9 Å². The predicted octanol–water partition coefficient (Wildman–Crippen LogP) is 6.01. The second kappa shape index (κ2) is 9.98. The first-order valence-corrected chi connectivity index (χ1v) is 13.6. The smallest absolute Gasteiger partial charge is 0.244 e. The van der Waals surface area contributed by atoms with Crippen molar-refractivity contribution < 1.29 is 8.42 Å². The van der Waals surface area contributed by atoms with Gasteiger partial charge in [-0.2, -0.15) is 9.57 Å². The van der Waals surface area contributed by atoms with E-state index in [4.69, 9.17) is 0 Å². The van der Waals surface area contributed by atoms with Crippen molar-refractivity contribution in [3.05, 3.63) is 87.3 Å². The van der Waals surface area contributed by atoms with Gasteiger partial charge < -0.3 is 4.90 Å². The SMILES string of the molecule is C[C@H]1CC(N(Cc2ccccc2-c2ccccc2)S(=O)(=O)c2cc(Br)ccc2Br)CN1C#N. The lowest BCUT2D eigenvalue weighted by atomic mass is 9.99. The van der Waals surface area contributed by atoms with Crippen molar-refractivity contribution in [2.24, 2.45) is 0 Å². The number of rotatable bonds is 6. The van der Waals surface area contributed by atoms with Gasteiger partial charge in [-0.25, -0.2) is 8.42 Å². The van der Waals surface area contributed by atoms with Crippen LogP contribution in [0.4, 0.5) is 0 Å². The van der Waals surface area contributed by atoms with Crippen LogP contribution in [0.2, 0.25) is 0 Å². The Morgan fingerprint density at radius 3 is 2.45 bits per heavy atom. The molecule has 4 rings (SSSR count). The van der Waals surface area contributed by atoms with Crippen molar-refractivity contribution in [1.82, 2.24) is 9.21 Å². The van der Waals surface area contributed by atoms with Crippen LogP contribution in [0.1, 0.15) is 18.9 Å². The van der Waals surface area contributed by atoms with Crippen LogP contribution in [0.3, 0.4) is 0 Å². The summed E-state index contributed by atoms with van der Waals surface area (Å²) >= 11 is 6.83. The third-order valence-corrected chi connectivity index (χ3v) is 9.38. The van der Waals surface area contributed by atoms with Crippen molar-refractivity contribution >= 4 is 41.9 Å². The van der Waals surface area contributed by atoms with Crippen LogP contribution >= 0.6 is 31.9 Å². The van der Waals surface area contributed by atoms with E-state index in [-0.39, 0.29) is 23.5 Å². The van der Waals surface area contributed by atoms with E-state index >= 15 is 0 Å². The fraction of sp³-hybridized carbons (Fsp3) is 0.240. The first kappa shape index (κ1) is 24.0. The highest BCUT2D eigenvalue weighted by atomic mass is 79.9. The molecule has 1 aliphatic rings. The average molecular weight is 589 g/mol. The molecule has 1 heterocycles. The molecule has 1 saturated heterocycles. The second-order valence-electron chi connectivity index (χ2n) is 8.14. The highest BCUT2D eigenvalue weighted by Crippen LogP contribution is 2.35. The summed E-state index contributed by atoms with van der Waals surface area (Å²) in [7, 11) is -3.87. The molecule has 0 aromatic heterocycles. The van der Waals surface area contributed by atoms with Crippen molar-refractivity contribution in [2.45, 2.75) is 36.9 Å². The fourth-order valence-corrected chi connectivity index (χ4v) is 7.36. The molecule has 2 atom stereocenters. The highest BCUT2D eigenvalue weighted by molar-refractivity contribution is 9.11. The van der Waals surface area contributed by atoms with Gasteiger partial charge in [-0.05, 0) is 64.2 Å². The predicted molar refractivity (Wildman–Crippen MR) is 137 cm³/mol. The minimum Gasteiger partial charge on any atom is -0.306 e. The summed E-state index contributed by atoms with van der Waals surface area (Å²) in [6, 6.07) is 22.7. The molecule has 5 nitrogen and oxygen atoms in total. The van der Waals surface area contributed by atoms with Gasteiger partial charge in [-0.1, -0.05) is 70.5 Å². The molecule has 0 N–H and O–H groups in total. The van der Waals surface area contributed by atoms with Gasteiger partial charge in [0.05, 0.1) is 4.90 Å². The summed E-state index contributed by atoms with van der Waals surface area (Å²) in [5, 5.41) is 9.51. The standard InChI is InChI=1S/C25H23Br2N3O2S/c1-18-13-22(16-29(18)17-28)30(33(31,32)25-14-21(26)11-12-24(25)27)15-20-9-5-6-10-23(20)19-7-3-2-4-8-19/h2-12,14,18,22H,13,15-16H2,1H3/t18-,22?/m0/s1. The highest BCUT2D eigenvalue weighted by Gasteiger charge is 2.40. The van der Waals surface area contributed by atoms with Crippen LogP contribution in [0.5, 0.6) is 0 Å². The molecule has 3 aromatic rings. The average Bonchev–Trinajstić information content (AvgIpc) is 3.19. The zero-order chi connectivity index (χ0) is 23.6. The van der Waals surface area contributed by atoms with Gasteiger partial charge >= 0.3 is 0 Å². The first-order valence-electron chi connectivity index (χ1n) is 10.6. The van der Waals surface area contributed by atoms with Gasteiger partial charge in [0.15, 0.2) is 6.19 Å². The van der Waals surface area contributed by atoms with Crippen molar-refractivity contribution in [3.63, 3.8) is 0 Å². The maximum atomic E-state index is 14.0. The topological polar surface area (TPSA) is 64.4 Å². The molecule has 0 amide bonds. The number of nitrogens with zero attached hydrogens (tertiary/aromatic N) is 3. The Labute approximate surface area is 212 Å². The molecule has 33 heavy (non-hydrogen) atoms. The normalized spacial score (nSPS) is 18.5. The number of sulfonamides is 1. The minimum absolute atomic E-state index is 0.0204. The maximum absolute atomic E-state index is 14.0. The summed E-state index contributed by atoms with van der Waals surface area (Å²) < 4.78 is 30.8. The van der Waals surface area contributed by atoms with E-state index < -0.39 is 10.0 Å². The zero-order valence-electron chi connectivity index (χ0n) is 18.0. The van der Waals surface area contributed by atoms with Crippen molar-refractivity contribution in [3.8, 4) is 17.3 Å². The van der Waals surface area contributed by atoms with Crippen molar-refractivity contribution in [2.75, 3.05) is 6.54 Å². The number of nitriles is 1. The second-order valence-corrected chi connectivity index (χ2v) is 11.8. The van der Waals surface area contributed by atoms with Crippen LogP contribution in [0.25, 0.3) is 11.1 Å². The number of hydrogen-bond donors (Lipinski definition) is 0. The third kappa shape index (κ3) is 5.02. The van der Waals surface area contributed by atoms with Crippen LogP contribution in [-0.2, 0) is 16.6 Å². The zero-order valence-corrected chi connectivity index (χ0v) is 22.0. The van der Waals surface area contributed by atoms with E-state index in [2.05, 4.69) is 38.1 Å². The lowest BCUT2D eigenvalue weighted by Gasteiger charge is -2.29. The molecule has 1 aliphatic heterocycles. The Hall–Kier alpha value is -2.18.